The Morgan fingerprint density at radius 2 is 1.73 bits per heavy atom. The van der Waals surface area contributed by atoms with Gasteiger partial charge in [-0.2, -0.15) is 0 Å². The average Bonchev–Trinajstić information content (AvgIpc) is 3.03. The number of hydrogen-bond acceptors (Lipinski definition) is 5. The van der Waals surface area contributed by atoms with Crippen LogP contribution in [0.25, 0.3) is 11.3 Å². The first-order chi connectivity index (χ1) is 15.9. The van der Waals surface area contributed by atoms with Crippen LogP contribution in [-0.4, -0.2) is 70.6 Å². The van der Waals surface area contributed by atoms with E-state index in [9.17, 15) is 9.59 Å². The summed E-state index contributed by atoms with van der Waals surface area (Å²) in [7, 11) is 0. The van der Waals surface area contributed by atoms with E-state index in [1.165, 1.54) is 5.56 Å². The molecule has 0 spiro atoms. The van der Waals surface area contributed by atoms with Crippen molar-refractivity contribution in [1.29, 1.82) is 0 Å². The lowest BCUT2D eigenvalue weighted by atomic mass is 9.84. The lowest BCUT2D eigenvalue weighted by Gasteiger charge is -2.35. The first-order valence-corrected chi connectivity index (χ1v) is 12.2. The van der Waals surface area contributed by atoms with Gasteiger partial charge in [-0.3, -0.25) is 9.59 Å². The number of carbonyl (C=O) groups is 2. The molecule has 1 aliphatic heterocycles. The SMILES string of the molecule is Cc1ccc(-c2ccc(N3CCCN(C(=O)CN(C(=O)C4CCC4)C(C)C)CC3)nn2)cc1. The molecule has 0 N–H and O–H groups in total. The standard InChI is InChI=1S/C26H35N5O2/c1-19(2)31(26(33)22-6-4-7-22)18-25(32)30-15-5-14-29(16-17-30)24-13-12-23(27-28-24)21-10-8-20(3)9-11-21/h8-13,19,22H,4-7,14-18H2,1-3H3. The van der Waals surface area contributed by atoms with Gasteiger partial charge in [-0.25, -0.2) is 0 Å². The van der Waals surface area contributed by atoms with Crippen LogP contribution in [0.3, 0.4) is 0 Å². The highest BCUT2D eigenvalue weighted by molar-refractivity contribution is 5.86. The first-order valence-electron chi connectivity index (χ1n) is 12.2. The second-order valence-corrected chi connectivity index (χ2v) is 9.55. The molecule has 176 valence electrons. The largest absolute Gasteiger partial charge is 0.353 e. The molecule has 7 heteroatoms. The van der Waals surface area contributed by atoms with Crippen LogP contribution in [0, 0.1) is 12.8 Å². The van der Waals surface area contributed by atoms with Gasteiger partial charge in [0, 0.05) is 43.7 Å². The fourth-order valence-corrected chi connectivity index (χ4v) is 4.42. The van der Waals surface area contributed by atoms with Gasteiger partial charge in [-0.15, -0.1) is 10.2 Å². The number of carbonyl (C=O) groups excluding carboxylic acids is 2. The summed E-state index contributed by atoms with van der Waals surface area (Å²) in [5.41, 5.74) is 3.13. The molecule has 1 aromatic heterocycles. The molecule has 0 bridgehead atoms. The molecule has 2 heterocycles. The summed E-state index contributed by atoms with van der Waals surface area (Å²) in [5.74, 6) is 1.13. The highest BCUT2D eigenvalue weighted by Gasteiger charge is 2.32. The fourth-order valence-electron chi connectivity index (χ4n) is 4.42. The lowest BCUT2D eigenvalue weighted by molar-refractivity contribution is -0.146. The molecule has 1 saturated heterocycles. The number of rotatable bonds is 6. The van der Waals surface area contributed by atoms with Crippen molar-refractivity contribution in [3.8, 4) is 11.3 Å². The van der Waals surface area contributed by atoms with E-state index in [0.29, 0.717) is 19.6 Å². The van der Waals surface area contributed by atoms with E-state index in [4.69, 9.17) is 0 Å². The number of benzene rings is 1. The predicted molar refractivity (Wildman–Crippen MR) is 130 cm³/mol. The van der Waals surface area contributed by atoms with E-state index in [-0.39, 0.29) is 30.3 Å². The smallest absolute Gasteiger partial charge is 0.242 e. The van der Waals surface area contributed by atoms with Crippen molar-refractivity contribution in [3.05, 3.63) is 42.0 Å². The molecule has 2 aromatic rings. The van der Waals surface area contributed by atoms with Gasteiger partial charge in [0.25, 0.3) is 0 Å². The van der Waals surface area contributed by atoms with Gasteiger partial charge in [0.05, 0.1) is 12.2 Å². The second-order valence-electron chi connectivity index (χ2n) is 9.55. The quantitative estimate of drug-likeness (QED) is 0.675. The molecule has 2 aliphatic rings. The highest BCUT2D eigenvalue weighted by atomic mass is 16.2. The van der Waals surface area contributed by atoms with Crippen LogP contribution in [0.2, 0.25) is 0 Å². The van der Waals surface area contributed by atoms with Crippen molar-refractivity contribution in [3.63, 3.8) is 0 Å². The van der Waals surface area contributed by atoms with E-state index in [1.807, 2.05) is 30.9 Å². The van der Waals surface area contributed by atoms with Crippen LogP contribution in [0.5, 0.6) is 0 Å². The molecular formula is C26H35N5O2. The number of hydrogen-bond donors (Lipinski definition) is 0. The molecule has 0 radical (unpaired) electrons. The zero-order chi connectivity index (χ0) is 23.4. The molecule has 1 aliphatic carbocycles. The fraction of sp³-hybridized carbons (Fsp3) is 0.538. The van der Waals surface area contributed by atoms with Crippen molar-refractivity contribution in [2.45, 2.75) is 52.5 Å². The maximum atomic E-state index is 13.1. The summed E-state index contributed by atoms with van der Waals surface area (Å²) in [6, 6.07) is 12.3. The summed E-state index contributed by atoms with van der Waals surface area (Å²) >= 11 is 0. The molecule has 33 heavy (non-hydrogen) atoms. The Kier molecular flexibility index (Phi) is 7.26. The first kappa shape index (κ1) is 23.2. The van der Waals surface area contributed by atoms with Crippen LogP contribution < -0.4 is 4.90 Å². The van der Waals surface area contributed by atoms with E-state index < -0.39 is 0 Å². The number of aryl methyl sites for hydroxylation is 1. The van der Waals surface area contributed by atoms with Crippen LogP contribution in [0.4, 0.5) is 5.82 Å². The molecule has 1 aromatic carbocycles. The highest BCUT2D eigenvalue weighted by Crippen LogP contribution is 2.29. The number of anilines is 1. The minimum Gasteiger partial charge on any atom is -0.353 e. The Balaban J connectivity index is 1.35. The van der Waals surface area contributed by atoms with Crippen LogP contribution in [0.1, 0.15) is 45.1 Å². The Morgan fingerprint density at radius 1 is 0.970 bits per heavy atom. The van der Waals surface area contributed by atoms with E-state index in [0.717, 1.165) is 49.3 Å². The zero-order valence-electron chi connectivity index (χ0n) is 20.0. The topological polar surface area (TPSA) is 69.6 Å². The van der Waals surface area contributed by atoms with Gasteiger partial charge in [0.2, 0.25) is 11.8 Å². The third kappa shape index (κ3) is 5.52. The van der Waals surface area contributed by atoms with Crippen LogP contribution in [-0.2, 0) is 9.59 Å². The van der Waals surface area contributed by atoms with Crippen molar-refractivity contribution < 1.29 is 9.59 Å². The third-order valence-corrected chi connectivity index (χ3v) is 6.84. The van der Waals surface area contributed by atoms with E-state index in [1.54, 1.807) is 4.90 Å². The predicted octanol–water partition coefficient (Wildman–Crippen LogP) is 3.53. The molecule has 7 nitrogen and oxygen atoms in total. The Labute approximate surface area is 196 Å². The van der Waals surface area contributed by atoms with Gasteiger partial charge in [0.1, 0.15) is 0 Å². The average molecular weight is 450 g/mol. The van der Waals surface area contributed by atoms with Gasteiger partial charge in [0.15, 0.2) is 5.82 Å². The number of aromatic nitrogens is 2. The number of amides is 2. The molecule has 0 unspecified atom stereocenters. The summed E-state index contributed by atoms with van der Waals surface area (Å²) in [6.45, 7) is 9.10. The second kappa shape index (κ2) is 10.3. The van der Waals surface area contributed by atoms with Crippen molar-refractivity contribution in [2.24, 2.45) is 5.92 Å². The van der Waals surface area contributed by atoms with Crippen LogP contribution >= 0.6 is 0 Å². The molecular weight excluding hydrogens is 414 g/mol. The molecule has 1 saturated carbocycles. The summed E-state index contributed by atoms with van der Waals surface area (Å²) in [6.07, 6.45) is 3.90. The summed E-state index contributed by atoms with van der Waals surface area (Å²) in [5, 5.41) is 8.89. The molecule has 2 amide bonds. The Bertz CT molecular complexity index is 954. The number of nitrogens with zero attached hydrogens (tertiary/aromatic N) is 5. The maximum Gasteiger partial charge on any atom is 0.242 e. The molecule has 4 rings (SSSR count). The summed E-state index contributed by atoms with van der Waals surface area (Å²) < 4.78 is 0. The monoisotopic (exact) mass is 449 g/mol. The van der Waals surface area contributed by atoms with E-state index in [2.05, 4.69) is 46.3 Å². The summed E-state index contributed by atoms with van der Waals surface area (Å²) in [4.78, 5) is 31.7. The van der Waals surface area contributed by atoms with Crippen molar-refractivity contribution in [1.82, 2.24) is 20.0 Å². The van der Waals surface area contributed by atoms with Gasteiger partial charge < -0.3 is 14.7 Å². The third-order valence-electron chi connectivity index (χ3n) is 6.84. The molecule has 0 atom stereocenters. The van der Waals surface area contributed by atoms with E-state index >= 15 is 0 Å². The van der Waals surface area contributed by atoms with Crippen molar-refractivity contribution in [2.75, 3.05) is 37.6 Å². The molecule has 2 fully saturated rings. The normalized spacial score (nSPS) is 17.0. The Morgan fingerprint density at radius 3 is 2.33 bits per heavy atom. The van der Waals surface area contributed by atoms with Gasteiger partial charge >= 0.3 is 0 Å². The van der Waals surface area contributed by atoms with Crippen LogP contribution in [0.15, 0.2) is 36.4 Å². The minimum atomic E-state index is 0.0350. The van der Waals surface area contributed by atoms with Gasteiger partial charge in [-0.1, -0.05) is 36.2 Å². The van der Waals surface area contributed by atoms with Gasteiger partial charge in [-0.05, 0) is 52.2 Å². The Hall–Kier alpha value is -2.96. The minimum absolute atomic E-state index is 0.0350. The zero-order valence-corrected chi connectivity index (χ0v) is 20.0. The maximum absolute atomic E-state index is 13.1. The van der Waals surface area contributed by atoms with Crippen molar-refractivity contribution >= 4 is 17.6 Å². The lowest BCUT2D eigenvalue weighted by Crippen LogP contribution is -2.49.